The minimum atomic E-state index is -4.77. The quantitative estimate of drug-likeness (QED) is 0.698. The van der Waals surface area contributed by atoms with Gasteiger partial charge in [0.25, 0.3) is 5.91 Å². The summed E-state index contributed by atoms with van der Waals surface area (Å²) in [7, 11) is 1.52. The van der Waals surface area contributed by atoms with Gasteiger partial charge in [0, 0.05) is 43.1 Å². The van der Waals surface area contributed by atoms with E-state index < -0.39 is 6.36 Å². The number of amides is 1. The van der Waals surface area contributed by atoms with E-state index in [1.807, 2.05) is 4.90 Å². The van der Waals surface area contributed by atoms with Crippen LogP contribution in [0.4, 0.5) is 19.0 Å². The summed E-state index contributed by atoms with van der Waals surface area (Å²) in [6, 6.07) is 5.53. The zero-order valence-electron chi connectivity index (χ0n) is 15.9. The molecule has 1 fully saturated rings. The number of H-pyrrole nitrogens is 1. The standard InChI is InChI=1S/C19H18F3N5O3/c1-29-17-11-23-10-16(25-17)26-4-6-27(7-5-26)18(28)15-8-12-2-3-13(9-14(12)24-15)30-19(20,21)22/h2-3,8-11,24H,4-7H2,1H3. The second kappa shape index (κ2) is 7.73. The summed E-state index contributed by atoms with van der Waals surface area (Å²) in [5.74, 6) is 0.520. The van der Waals surface area contributed by atoms with Crippen LogP contribution in [0.5, 0.6) is 11.6 Å². The molecule has 1 saturated heterocycles. The van der Waals surface area contributed by atoms with Gasteiger partial charge in [0.05, 0.1) is 19.5 Å². The summed E-state index contributed by atoms with van der Waals surface area (Å²) in [6.45, 7) is 2.07. The number of anilines is 1. The van der Waals surface area contributed by atoms with E-state index in [0.717, 1.165) is 0 Å². The van der Waals surface area contributed by atoms with Gasteiger partial charge in [-0.25, -0.2) is 0 Å². The molecule has 0 spiro atoms. The lowest BCUT2D eigenvalue weighted by atomic mass is 10.2. The predicted octanol–water partition coefficient (Wildman–Crippen LogP) is 2.83. The first-order valence-electron chi connectivity index (χ1n) is 9.11. The molecule has 8 nitrogen and oxygen atoms in total. The number of halogens is 3. The van der Waals surface area contributed by atoms with Crippen molar-refractivity contribution in [3.05, 3.63) is 42.4 Å². The molecular weight excluding hydrogens is 403 g/mol. The third-order valence-corrected chi connectivity index (χ3v) is 4.76. The highest BCUT2D eigenvalue weighted by molar-refractivity contribution is 5.98. The minimum Gasteiger partial charge on any atom is -0.480 e. The number of carbonyl (C=O) groups is 1. The molecule has 0 unspecified atom stereocenters. The van der Waals surface area contributed by atoms with Crippen LogP contribution in [0.15, 0.2) is 36.7 Å². The van der Waals surface area contributed by atoms with Crippen LogP contribution in [-0.2, 0) is 0 Å². The van der Waals surface area contributed by atoms with Crippen molar-refractivity contribution >= 4 is 22.6 Å². The topological polar surface area (TPSA) is 83.6 Å². The van der Waals surface area contributed by atoms with Crippen LogP contribution in [0, 0.1) is 0 Å². The number of hydrogen-bond acceptors (Lipinski definition) is 6. The molecule has 3 aromatic rings. The van der Waals surface area contributed by atoms with Crippen LogP contribution >= 0.6 is 0 Å². The second-order valence-corrected chi connectivity index (χ2v) is 6.68. The summed E-state index contributed by atoms with van der Waals surface area (Å²) in [4.78, 5) is 27.9. The summed E-state index contributed by atoms with van der Waals surface area (Å²) in [6.07, 6.45) is -1.62. The molecule has 4 rings (SSSR count). The van der Waals surface area contributed by atoms with Crippen molar-refractivity contribution in [2.75, 3.05) is 38.2 Å². The summed E-state index contributed by atoms with van der Waals surface area (Å²) in [5, 5.41) is 0.623. The Hall–Kier alpha value is -3.50. The van der Waals surface area contributed by atoms with E-state index in [1.165, 1.54) is 31.5 Å². The molecule has 2 aromatic heterocycles. The van der Waals surface area contributed by atoms with E-state index >= 15 is 0 Å². The lowest BCUT2D eigenvalue weighted by molar-refractivity contribution is -0.274. The number of methoxy groups -OCH3 is 1. The Kier molecular flexibility index (Phi) is 5.10. The van der Waals surface area contributed by atoms with Gasteiger partial charge >= 0.3 is 6.36 Å². The largest absolute Gasteiger partial charge is 0.573 e. The van der Waals surface area contributed by atoms with E-state index in [1.54, 1.807) is 17.2 Å². The highest BCUT2D eigenvalue weighted by Crippen LogP contribution is 2.27. The van der Waals surface area contributed by atoms with E-state index in [4.69, 9.17) is 4.74 Å². The van der Waals surface area contributed by atoms with E-state index in [9.17, 15) is 18.0 Å². The Balaban J connectivity index is 1.44. The molecule has 3 heterocycles. The number of rotatable bonds is 4. The number of aromatic nitrogens is 3. The zero-order valence-corrected chi connectivity index (χ0v) is 15.9. The van der Waals surface area contributed by atoms with Crippen LogP contribution in [-0.4, -0.2) is 65.4 Å². The maximum Gasteiger partial charge on any atom is 0.573 e. The number of nitrogens with one attached hydrogen (secondary N) is 1. The molecule has 0 atom stereocenters. The van der Waals surface area contributed by atoms with Crippen LogP contribution < -0.4 is 14.4 Å². The zero-order chi connectivity index (χ0) is 21.3. The Morgan fingerprint density at radius 1 is 1.13 bits per heavy atom. The Bertz CT molecular complexity index is 1060. The first-order chi connectivity index (χ1) is 14.3. The van der Waals surface area contributed by atoms with Gasteiger partial charge in [-0.2, -0.15) is 4.98 Å². The van der Waals surface area contributed by atoms with Gasteiger partial charge in [-0.05, 0) is 18.2 Å². The van der Waals surface area contributed by atoms with Crippen LogP contribution in [0.2, 0.25) is 0 Å². The first kappa shape index (κ1) is 19.8. The Morgan fingerprint density at radius 2 is 1.90 bits per heavy atom. The van der Waals surface area contributed by atoms with Gasteiger partial charge in [0.15, 0.2) is 5.82 Å². The number of ether oxygens (including phenoxy) is 2. The van der Waals surface area contributed by atoms with E-state index in [-0.39, 0.29) is 11.7 Å². The number of hydrogen-bond donors (Lipinski definition) is 1. The molecule has 158 valence electrons. The van der Waals surface area contributed by atoms with Crippen LogP contribution in [0.25, 0.3) is 10.9 Å². The summed E-state index contributed by atoms with van der Waals surface area (Å²) in [5.41, 5.74) is 0.703. The van der Waals surface area contributed by atoms with Gasteiger partial charge in [0.2, 0.25) is 5.88 Å². The van der Waals surface area contributed by atoms with E-state index in [0.29, 0.717) is 54.5 Å². The molecule has 0 saturated carbocycles. The van der Waals surface area contributed by atoms with Gasteiger partial charge in [-0.15, -0.1) is 13.2 Å². The van der Waals surface area contributed by atoms with Crippen molar-refractivity contribution in [3.8, 4) is 11.6 Å². The van der Waals surface area contributed by atoms with E-state index in [2.05, 4.69) is 19.7 Å². The molecule has 0 radical (unpaired) electrons. The number of carbonyl (C=O) groups excluding carboxylic acids is 1. The lowest BCUT2D eigenvalue weighted by Gasteiger charge is -2.35. The van der Waals surface area contributed by atoms with Gasteiger partial charge in [0.1, 0.15) is 11.4 Å². The SMILES string of the molecule is COc1cncc(N2CCN(C(=O)c3cc4ccc(OC(F)(F)F)cc4[nH]3)CC2)n1. The minimum absolute atomic E-state index is 0.221. The molecule has 0 bridgehead atoms. The molecular formula is C19H18F3N5O3. The Labute approximate surface area is 169 Å². The highest BCUT2D eigenvalue weighted by atomic mass is 19.4. The number of alkyl halides is 3. The maximum atomic E-state index is 12.8. The highest BCUT2D eigenvalue weighted by Gasteiger charge is 2.31. The van der Waals surface area contributed by atoms with Crippen molar-refractivity contribution in [3.63, 3.8) is 0 Å². The lowest BCUT2D eigenvalue weighted by Crippen LogP contribution is -2.49. The number of benzene rings is 1. The number of piperazine rings is 1. The number of nitrogens with zero attached hydrogens (tertiary/aromatic N) is 4. The molecule has 11 heteroatoms. The summed E-state index contributed by atoms with van der Waals surface area (Å²) >= 11 is 0. The van der Waals surface area contributed by atoms with Crippen molar-refractivity contribution in [1.29, 1.82) is 0 Å². The average Bonchev–Trinajstić information content (AvgIpc) is 3.15. The first-order valence-corrected chi connectivity index (χ1v) is 9.11. The molecule has 0 aliphatic carbocycles. The average molecular weight is 421 g/mol. The van der Waals surface area contributed by atoms with Crippen molar-refractivity contribution in [2.45, 2.75) is 6.36 Å². The Morgan fingerprint density at radius 3 is 2.60 bits per heavy atom. The number of aromatic amines is 1. The van der Waals surface area contributed by atoms with Gasteiger partial charge in [-0.3, -0.25) is 9.78 Å². The molecule has 1 N–H and O–H groups in total. The fraction of sp³-hybridized carbons (Fsp3) is 0.316. The molecule has 1 aliphatic heterocycles. The third kappa shape index (κ3) is 4.24. The van der Waals surface area contributed by atoms with Gasteiger partial charge < -0.3 is 24.3 Å². The molecule has 1 aromatic carbocycles. The molecule has 1 amide bonds. The number of fused-ring (bicyclic) bond motifs is 1. The van der Waals surface area contributed by atoms with Crippen molar-refractivity contribution in [1.82, 2.24) is 19.9 Å². The van der Waals surface area contributed by atoms with Crippen LogP contribution in [0.1, 0.15) is 10.5 Å². The molecule has 30 heavy (non-hydrogen) atoms. The summed E-state index contributed by atoms with van der Waals surface area (Å²) < 4.78 is 46.2. The monoisotopic (exact) mass is 421 g/mol. The predicted molar refractivity (Wildman–Crippen MR) is 102 cm³/mol. The second-order valence-electron chi connectivity index (χ2n) is 6.68. The van der Waals surface area contributed by atoms with Crippen molar-refractivity contribution < 1.29 is 27.4 Å². The fourth-order valence-electron chi connectivity index (χ4n) is 3.32. The molecule has 1 aliphatic rings. The normalized spacial score (nSPS) is 14.8. The van der Waals surface area contributed by atoms with Crippen molar-refractivity contribution in [2.24, 2.45) is 0 Å². The maximum absolute atomic E-state index is 12.8. The third-order valence-electron chi connectivity index (χ3n) is 4.76. The fourth-order valence-corrected chi connectivity index (χ4v) is 3.32. The van der Waals surface area contributed by atoms with Crippen LogP contribution in [0.3, 0.4) is 0 Å². The van der Waals surface area contributed by atoms with Gasteiger partial charge in [-0.1, -0.05) is 0 Å². The smallest absolute Gasteiger partial charge is 0.480 e.